The van der Waals surface area contributed by atoms with Crippen LogP contribution in [0, 0.1) is 17.5 Å². The molecule has 2 saturated heterocycles. The van der Waals surface area contributed by atoms with E-state index in [1.165, 1.54) is 18.2 Å². The van der Waals surface area contributed by atoms with Gasteiger partial charge in [0, 0.05) is 43.5 Å². The number of piperidine rings is 1. The average Bonchev–Trinajstić information content (AvgIpc) is 3.27. The highest BCUT2D eigenvalue weighted by molar-refractivity contribution is 5.95. The smallest absolute Gasteiger partial charge is 0.153 e. The summed E-state index contributed by atoms with van der Waals surface area (Å²) < 4.78 is 48.5. The molecular formula is C25H23F3N6O. The lowest BCUT2D eigenvalue weighted by molar-refractivity contribution is -0.00899. The summed E-state index contributed by atoms with van der Waals surface area (Å²) in [5.74, 6) is -1.45. The van der Waals surface area contributed by atoms with E-state index >= 15 is 0 Å². The molecule has 0 bridgehead atoms. The average molecular weight is 480 g/mol. The second-order valence-electron chi connectivity index (χ2n) is 8.86. The summed E-state index contributed by atoms with van der Waals surface area (Å²) >= 11 is 0. The summed E-state index contributed by atoms with van der Waals surface area (Å²) in [7, 11) is 0. The minimum Gasteiger partial charge on any atom is -0.383 e. The van der Waals surface area contributed by atoms with Crippen molar-refractivity contribution in [2.45, 2.75) is 18.6 Å². The molecule has 4 N–H and O–H groups in total. The number of hydrogen-bond donors (Lipinski definition) is 3. The van der Waals surface area contributed by atoms with Crippen LogP contribution in [0.3, 0.4) is 0 Å². The van der Waals surface area contributed by atoms with E-state index in [-0.39, 0.29) is 40.6 Å². The maximum atomic E-state index is 14.5. The monoisotopic (exact) mass is 480 g/mol. The normalized spacial score (nSPS) is 20.3. The first-order chi connectivity index (χ1) is 17.0. The Labute approximate surface area is 199 Å². The van der Waals surface area contributed by atoms with Gasteiger partial charge in [0.25, 0.3) is 0 Å². The summed E-state index contributed by atoms with van der Waals surface area (Å²) in [6, 6.07) is 8.44. The Morgan fingerprint density at radius 3 is 2.86 bits per heavy atom. The van der Waals surface area contributed by atoms with E-state index in [2.05, 4.69) is 25.2 Å². The van der Waals surface area contributed by atoms with Crippen LogP contribution in [-0.4, -0.2) is 53.3 Å². The number of ether oxygens (including phenoxy) is 1. The van der Waals surface area contributed by atoms with E-state index in [1.807, 2.05) is 0 Å². The molecule has 4 heterocycles. The maximum absolute atomic E-state index is 14.5. The molecule has 180 valence electrons. The maximum Gasteiger partial charge on any atom is 0.153 e. The van der Waals surface area contributed by atoms with Crippen molar-refractivity contribution in [2.24, 2.45) is 0 Å². The van der Waals surface area contributed by atoms with Crippen LogP contribution >= 0.6 is 0 Å². The SMILES string of the molecule is Nc1ncc(-c2cccc(F)c2)c(N2CC[C@@H]3NCCO[C@H]3C2)c1-c1nc2c(F)cc(F)cc2[nH]1. The number of nitrogens with zero attached hydrogens (tertiary/aromatic N) is 3. The first-order valence-electron chi connectivity index (χ1n) is 11.5. The van der Waals surface area contributed by atoms with Crippen LogP contribution in [0.4, 0.5) is 24.7 Å². The van der Waals surface area contributed by atoms with E-state index in [0.29, 0.717) is 42.1 Å². The molecule has 7 nitrogen and oxygen atoms in total. The number of rotatable bonds is 3. The molecule has 0 saturated carbocycles. The largest absolute Gasteiger partial charge is 0.383 e. The predicted molar refractivity (Wildman–Crippen MR) is 127 cm³/mol. The molecule has 0 unspecified atom stereocenters. The summed E-state index contributed by atoms with van der Waals surface area (Å²) in [4.78, 5) is 13.9. The predicted octanol–water partition coefficient (Wildman–Crippen LogP) is 3.86. The zero-order valence-corrected chi connectivity index (χ0v) is 18.7. The third kappa shape index (κ3) is 3.88. The summed E-state index contributed by atoms with van der Waals surface area (Å²) in [6.45, 7) is 2.68. The number of morpholine rings is 1. The van der Waals surface area contributed by atoms with Gasteiger partial charge < -0.3 is 25.7 Å². The Bertz CT molecular complexity index is 1420. The second-order valence-corrected chi connectivity index (χ2v) is 8.86. The van der Waals surface area contributed by atoms with Gasteiger partial charge in [-0.3, -0.25) is 0 Å². The molecule has 0 radical (unpaired) electrons. The van der Waals surface area contributed by atoms with Gasteiger partial charge in [0.15, 0.2) is 5.82 Å². The Kier molecular flexibility index (Phi) is 5.34. The van der Waals surface area contributed by atoms with Crippen molar-refractivity contribution in [1.82, 2.24) is 20.3 Å². The quantitative estimate of drug-likeness (QED) is 0.413. The van der Waals surface area contributed by atoms with Gasteiger partial charge in [0.1, 0.15) is 28.8 Å². The van der Waals surface area contributed by atoms with Crippen LogP contribution in [0.15, 0.2) is 42.6 Å². The lowest BCUT2D eigenvalue weighted by Gasteiger charge is -2.43. The van der Waals surface area contributed by atoms with E-state index in [0.717, 1.165) is 19.0 Å². The number of H-pyrrole nitrogens is 1. The van der Waals surface area contributed by atoms with Gasteiger partial charge in [-0.2, -0.15) is 0 Å². The van der Waals surface area contributed by atoms with Crippen molar-refractivity contribution in [2.75, 3.05) is 36.9 Å². The van der Waals surface area contributed by atoms with E-state index in [9.17, 15) is 13.2 Å². The number of aromatic amines is 1. The molecule has 2 aliphatic rings. The van der Waals surface area contributed by atoms with Crippen molar-refractivity contribution in [3.05, 3.63) is 60.0 Å². The summed E-state index contributed by atoms with van der Waals surface area (Å²) in [6.07, 6.45) is 2.40. The van der Waals surface area contributed by atoms with Crippen LogP contribution in [-0.2, 0) is 4.74 Å². The number of nitrogens with one attached hydrogen (secondary N) is 2. The molecule has 0 amide bonds. The highest BCUT2D eigenvalue weighted by atomic mass is 19.1. The van der Waals surface area contributed by atoms with Gasteiger partial charge >= 0.3 is 0 Å². The number of hydrogen-bond acceptors (Lipinski definition) is 6. The van der Waals surface area contributed by atoms with Gasteiger partial charge in [-0.25, -0.2) is 23.1 Å². The van der Waals surface area contributed by atoms with Gasteiger partial charge in [0.2, 0.25) is 0 Å². The number of benzene rings is 2. The minimum absolute atomic E-state index is 0.00132. The zero-order chi connectivity index (χ0) is 24.1. The molecule has 6 rings (SSSR count). The Morgan fingerprint density at radius 1 is 1.11 bits per heavy atom. The molecule has 0 aliphatic carbocycles. The standard InChI is InChI=1S/C25H23F3N6O/c26-14-3-1-2-13(8-14)16-11-31-24(29)21(25-32-19-10-15(27)9-17(28)22(19)33-25)23(16)34-6-4-18-20(12-34)35-7-5-30-18/h1-3,8-11,18,20,30H,4-7,12H2,(H2,29,31)(H,32,33)/t18-,20-/m0/s1. The van der Waals surface area contributed by atoms with Gasteiger partial charge in [-0.15, -0.1) is 0 Å². The molecule has 35 heavy (non-hydrogen) atoms. The van der Waals surface area contributed by atoms with Gasteiger partial charge in [0.05, 0.1) is 29.5 Å². The van der Waals surface area contributed by atoms with Crippen molar-refractivity contribution >= 4 is 22.5 Å². The van der Waals surface area contributed by atoms with Crippen LogP contribution in [0.2, 0.25) is 0 Å². The van der Waals surface area contributed by atoms with Crippen molar-refractivity contribution in [3.8, 4) is 22.5 Å². The van der Waals surface area contributed by atoms with Gasteiger partial charge in [-0.1, -0.05) is 12.1 Å². The molecule has 2 aromatic heterocycles. The lowest BCUT2D eigenvalue weighted by atomic mass is 9.95. The molecule has 2 aromatic carbocycles. The summed E-state index contributed by atoms with van der Waals surface area (Å²) in [5.41, 5.74) is 9.00. The first-order valence-corrected chi connectivity index (χ1v) is 11.5. The highest BCUT2D eigenvalue weighted by Gasteiger charge is 2.35. The number of halogens is 3. The summed E-state index contributed by atoms with van der Waals surface area (Å²) in [5, 5.41) is 3.50. The van der Waals surface area contributed by atoms with Crippen molar-refractivity contribution in [1.29, 1.82) is 0 Å². The number of pyridine rings is 1. The topological polar surface area (TPSA) is 92.1 Å². The third-order valence-corrected chi connectivity index (χ3v) is 6.67. The molecule has 2 atom stereocenters. The number of anilines is 2. The zero-order valence-electron chi connectivity index (χ0n) is 18.7. The van der Waals surface area contributed by atoms with E-state index < -0.39 is 11.6 Å². The molecule has 4 aromatic rings. The number of aromatic nitrogens is 3. The van der Waals surface area contributed by atoms with E-state index in [4.69, 9.17) is 10.5 Å². The fourth-order valence-electron chi connectivity index (χ4n) is 5.08. The third-order valence-electron chi connectivity index (χ3n) is 6.67. The molecule has 0 spiro atoms. The number of nitrogen functional groups attached to an aromatic ring is 1. The Balaban J connectivity index is 1.56. The van der Waals surface area contributed by atoms with Crippen LogP contribution < -0.4 is 16.0 Å². The molecule has 2 fully saturated rings. The number of fused-ring (bicyclic) bond motifs is 2. The number of imidazole rings is 1. The van der Waals surface area contributed by atoms with E-state index in [1.54, 1.807) is 18.3 Å². The first kappa shape index (κ1) is 21.9. The molecule has 10 heteroatoms. The van der Waals surface area contributed by atoms with Crippen molar-refractivity contribution in [3.63, 3.8) is 0 Å². The highest BCUT2D eigenvalue weighted by Crippen LogP contribution is 2.43. The van der Waals surface area contributed by atoms with Gasteiger partial charge in [-0.05, 0) is 30.2 Å². The van der Waals surface area contributed by atoms with Crippen LogP contribution in [0.1, 0.15) is 6.42 Å². The lowest BCUT2D eigenvalue weighted by Crippen LogP contribution is -2.58. The Morgan fingerprint density at radius 2 is 2.00 bits per heavy atom. The van der Waals surface area contributed by atoms with Crippen LogP contribution in [0.5, 0.6) is 0 Å². The van der Waals surface area contributed by atoms with Crippen molar-refractivity contribution < 1.29 is 17.9 Å². The fraction of sp³-hybridized carbons (Fsp3) is 0.280. The fourth-order valence-corrected chi connectivity index (χ4v) is 5.08. The second kappa shape index (κ2) is 8.54. The van der Waals surface area contributed by atoms with Crippen LogP contribution in [0.25, 0.3) is 33.5 Å². The minimum atomic E-state index is -0.778. The molecule has 2 aliphatic heterocycles. The molecular weight excluding hydrogens is 457 g/mol. The number of nitrogens with two attached hydrogens (primary N) is 1. The Hall–Kier alpha value is -3.63.